The van der Waals surface area contributed by atoms with Crippen LogP contribution in [0, 0.1) is 0 Å². The molecule has 2 rings (SSSR count). The van der Waals surface area contributed by atoms with Gasteiger partial charge in [0, 0.05) is 12.4 Å². The van der Waals surface area contributed by atoms with Crippen molar-refractivity contribution in [2.75, 3.05) is 6.61 Å². The summed E-state index contributed by atoms with van der Waals surface area (Å²) in [5.74, 6) is -0.442. The Morgan fingerprint density at radius 3 is 3.12 bits per heavy atom. The van der Waals surface area contributed by atoms with Crippen LogP contribution >= 0.6 is 11.3 Å². The molecule has 17 heavy (non-hydrogen) atoms. The van der Waals surface area contributed by atoms with E-state index in [0.29, 0.717) is 22.0 Å². The molecule has 5 nitrogen and oxygen atoms in total. The van der Waals surface area contributed by atoms with Crippen LogP contribution in [0.15, 0.2) is 23.8 Å². The molecule has 88 valence electrons. The minimum atomic E-state index is -0.442. The van der Waals surface area contributed by atoms with Gasteiger partial charge in [-0.25, -0.2) is 9.78 Å². The van der Waals surface area contributed by atoms with E-state index in [1.165, 1.54) is 22.9 Å². The van der Waals surface area contributed by atoms with Crippen LogP contribution in [0.25, 0.3) is 11.0 Å². The number of carbonyl (C=O) groups excluding carboxylic acids is 1. The largest absolute Gasteiger partial charge is 0.462 e. The van der Waals surface area contributed by atoms with Crippen molar-refractivity contribution in [3.05, 3.63) is 39.8 Å². The van der Waals surface area contributed by atoms with E-state index in [0.717, 1.165) is 11.3 Å². The molecular formula is C11H10N2O3S. The summed E-state index contributed by atoms with van der Waals surface area (Å²) in [6.07, 6.45) is 4.32. The van der Waals surface area contributed by atoms with Crippen LogP contribution in [0.2, 0.25) is 0 Å². The van der Waals surface area contributed by atoms with Crippen LogP contribution in [0.3, 0.4) is 0 Å². The third-order valence-electron chi connectivity index (χ3n) is 2.13. The van der Waals surface area contributed by atoms with E-state index in [1.54, 1.807) is 6.92 Å². The average Bonchev–Trinajstić information content (AvgIpc) is 2.75. The first-order valence-corrected chi connectivity index (χ1v) is 5.79. The lowest BCUT2D eigenvalue weighted by Gasteiger charge is -1.95. The van der Waals surface area contributed by atoms with Crippen molar-refractivity contribution in [2.45, 2.75) is 6.92 Å². The Bertz CT molecular complexity index is 642. The summed E-state index contributed by atoms with van der Waals surface area (Å²) in [6, 6.07) is 0. The number of hydrogen-bond donors (Lipinski definition) is 0. The van der Waals surface area contributed by atoms with Crippen LogP contribution in [-0.2, 0) is 4.74 Å². The molecule has 0 saturated heterocycles. The third-order valence-corrected chi connectivity index (χ3v) is 3.11. The summed E-state index contributed by atoms with van der Waals surface area (Å²) in [5.41, 5.74) is 0.160. The molecule has 0 radical (unpaired) electrons. The van der Waals surface area contributed by atoms with Crippen molar-refractivity contribution >= 4 is 28.3 Å². The van der Waals surface area contributed by atoms with Gasteiger partial charge in [-0.3, -0.25) is 9.20 Å². The summed E-state index contributed by atoms with van der Waals surface area (Å²) in [5, 5.41) is 0. The van der Waals surface area contributed by atoms with Crippen LogP contribution in [0.5, 0.6) is 0 Å². The highest BCUT2D eigenvalue weighted by molar-refractivity contribution is 7.18. The Kier molecular flexibility index (Phi) is 3.06. The second-order valence-electron chi connectivity index (χ2n) is 3.19. The van der Waals surface area contributed by atoms with Crippen molar-refractivity contribution in [1.29, 1.82) is 0 Å². The van der Waals surface area contributed by atoms with E-state index in [4.69, 9.17) is 4.74 Å². The second kappa shape index (κ2) is 4.50. The van der Waals surface area contributed by atoms with Crippen molar-refractivity contribution in [3.8, 4) is 0 Å². The van der Waals surface area contributed by atoms with Gasteiger partial charge in [0.2, 0.25) is 0 Å². The molecule has 0 saturated carbocycles. The van der Waals surface area contributed by atoms with Crippen LogP contribution < -0.4 is 5.56 Å². The SMILES string of the molecule is C=Cc1cnc2sc(C(=O)OCC)cn2c1=O. The van der Waals surface area contributed by atoms with Gasteiger partial charge in [0.1, 0.15) is 4.88 Å². The van der Waals surface area contributed by atoms with Crippen LogP contribution in [0.1, 0.15) is 22.2 Å². The maximum atomic E-state index is 11.9. The fourth-order valence-electron chi connectivity index (χ4n) is 1.34. The predicted octanol–water partition coefficient (Wildman–Crippen LogP) is 1.58. The zero-order valence-corrected chi connectivity index (χ0v) is 9.99. The Morgan fingerprint density at radius 2 is 2.47 bits per heavy atom. The molecule has 0 aliphatic carbocycles. The van der Waals surface area contributed by atoms with Gasteiger partial charge >= 0.3 is 5.97 Å². The molecule has 0 aliphatic heterocycles. The summed E-state index contributed by atoms with van der Waals surface area (Å²) < 4.78 is 6.19. The average molecular weight is 250 g/mol. The topological polar surface area (TPSA) is 60.7 Å². The number of hydrogen-bond acceptors (Lipinski definition) is 5. The van der Waals surface area contributed by atoms with Gasteiger partial charge in [0.15, 0.2) is 4.96 Å². The molecule has 0 bridgehead atoms. The number of nitrogens with zero attached hydrogens (tertiary/aromatic N) is 2. The Labute approximate surface area is 101 Å². The van der Waals surface area contributed by atoms with Gasteiger partial charge in [0.05, 0.1) is 12.2 Å². The Balaban J connectivity index is 2.58. The number of fused-ring (bicyclic) bond motifs is 1. The molecule has 0 unspecified atom stereocenters. The fourth-order valence-corrected chi connectivity index (χ4v) is 2.17. The molecule has 0 amide bonds. The number of thiazole rings is 1. The molecule has 0 atom stereocenters. The van der Waals surface area contributed by atoms with E-state index >= 15 is 0 Å². The van der Waals surface area contributed by atoms with Gasteiger partial charge in [-0.15, -0.1) is 0 Å². The number of rotatable bonds is 3. The predicted molar refractivity (Wildman–Crippen MR) is 65.4 cm³/mol. The maximum absolute atomic E-state index is 11.9. The molecule has 0 aromatic carbocycles. The zero-order chi connectivity index (χ0) is 12.4. The molecule has 2 heterocycles. The molecule has 0 spiro atoms. The highest BCUT2D eigenvalue weighted by Crippen LogP contribution is 2.15. The Morgan fingerprint density at radius 1 is 1.71 bits per heavy atom. The first-order valence-electron chi connectivity index (χ1n) is 4.98. The highest BCUT2D eigenvalue weighted by Gasteiger charge is 2.13. The van der Waals surface area contributed by atoms with Crippen molar-refractivity contribution in [1.82, 2.24) is 9.38 Å². The van der Waals surface area contributed by atoms with Crippen LogP contribution in [-0.4, -0.2) is 22.0 Å². The van der Waals surface area contributed by atoms with Gasteiger partial charge in [-0.05, 0) is 6.92 Å². The molecule has 2 aromatic heterocycles. The summed E-state index contributed by atoms with van der Waals surface area (Å²) in [7, 11) is 0. The van der Waals surface area contributed by atoms with E-state index in [-0.39, 0.29) is 5.56 Å². The summed E-state index contributed by atoms with van der Waals surface area (Å²) in [4.78, 5) is 28.3. The lowest BCUT2D eigenvalue weighted by Crippen LogP contribution is -2.15. The van der Waals surface area contributed by atoms with E-state index in [9.17, 15) is 9.59 Å². The standard InChI is InChI=1S/C11H10N2O3S/c1-3-7-5-12-11-13(9(7)14)6-8(17-11)10(15)16-4-2/h3,5-6H,1,4H2,2H3. The molecule has 0 fully saturated rings. The highest BCUT2D eigenvalue weighted by atomic mass is 32.1. The van der Waals surface area contributed by atoms with Crippen molar-refractivity contribution in [3.63, 3.8) is 0 Å². The zero-order valence-electron chi connectivity index (χ0n) is 9.17. The number of esters is 1. The molecular weight excluding hydrogens is 240 g/mol. The van der Waals surface area contributed by atoms with Crippen molar-refractivity contribution in [2.24, 2.45) is 0 Å². The lowest BCUT2D eigenvalue weighted by atomic mass is 10.3. The second-order valence-corrected chi connectivity index (χ2v) is 4.20. The minimum absolute atomic E-state index is 0.239. The molecule has 0 N–H and O–H groups in total. The maximum Gasteiger partial charge on any atom is 0.349 e. The van der Waals surface area contributed by atoms with Gasteiger partial charge in [-0.1, -0.05) is 24.0 Å². The monoisotopic (exact) mass is 250 g/mol. The van der Waals surface area contributed by atoms with Gasteiger partial charge < -0.3 is 4.74 Å². The van der Waals surface area contributed by atoms with Crippen molar-refractivity contribution < 1.29 is 9.53 Å². The quantitative estimate of drug-likeness (QED) is 0.776. The fraction of sp³-hybridized carbons (Fsp3) is 0.182. The Hall–Kier alpha value is -1.95. The first-order chi connectivity index (χ1) is 8.17. The van der Waals surface area contributed by atoms with E-state index in [2.05, 4.69) is 11.6 Å². The molecule has 6 heteroatoms. The molecule has 2 aromatic rings. The number of ether oxygens (including phenoxy) is 1. The normalized spacial score (nSPS) is 10.4. The minimum Gasteiger partial charge on any atom is -0.462 e. The number of carbonyl (C=O) groups is 1. The summed E-state index contributed by atoms with van der Waals surface area (Å²) >= 11 is 1.12. The van der Waals surface area contributed by atoms with E-state index in [1.807, 2.05) is 0 Å². The number of aromatic nitrogens is 2. The summed E-state index contributed by atoms with van der Waals surface area (Å²) in [6.45, 7) is 5.55. The van der Waals surface area contributed by atoms with Crippen LogP contribution in [0.4, 0.5) is 0 Å². The smallest absolute Gasteiger partial charge is 0.349 e. The lowest BCUT2D eigenvalue weighted by molar-refractivity contribution is 0.0531. The van der Waals surface area contributed by atoms with E-state index < -0.39 is 5.97 Å². The molecule has 0 aliphatic rings. The third kappa shape index (κ3) is 1.99. The van der Waals surface area contributed by atoms with Gasteiger partial charge in [0.25, 0.3) is 5.56 Å². The van der Waals surface area contributed by atoms with Gasteiger partial charge in [-0.2, -0.15) is 0 Å². The first kappa shape index (κ1) is 11.5.